The molecule has 2 aliphatic carbocycles. The summed E-state index contributed by atoms with van der Waals surface area (Å²) in [5, 5.41) is 10.4. The van der Waals surface area contributed by atoms with E-state index in [0.29, 0.717) is 30.4 Å². The lowest BCUT2D eigenvalue weighted by Gasteiger charge is -2.39. The Morgan fingerprint density at radius 2 is 1.96 bits per heavy atom. The third kappa shape index (κ3) is 2.26. The van der Waals surface area contributed by atoms with Gasteiger partial charge in [0.25, 0.3) is 0 Å². The number of ether oxygens (including phenoxy) is 2. The van der Waals surface area contributed by atoms with Crippen LogP contribution < -0.4 is 4.74 Å². The van der Waals surface area contributed by atoms with Gasteiger partial charge in [-0.3, -0.25) is 9.59 Å². The molecule has 3 aliphatic rings. The summed E-state index contributed by atoms with van der Waals surface area (Å²) in [6, 6.07) is 3.69. The number of fused-ring (bicyclic) bond motifs is 4. The van der Waals surface area contributed by atoms with Gasteiger partial charge in [0, 0.05) is 29.2 Å². The standard InChI is InChI=1S/C20H20O5/c1-20(2)17(22)8-13-10-4-5-12-18(11(10)6-7-15(13)25-20)14(21)9-16(24-3)19(12)23/h6-7,9,17,22H,4-5,8H2,1-3H3. The number of aliphatic hydroxyl groups excluding tert-OH is 1. The highest BCUT2D eigenvalue weighted by Crippen LogP contribution is 2.43. The van der Waals surface area contributed by atoms with Crippen molar-refractivity contribution < 1.29 is 24.2 Å². The van der Waals surface area contributed by atoms with Crippen molar-refractivity contribution in [2.24, 2.45) is 0 Å². The molecule has 0 bridgehead atoms. The lowest BCUT2D eigenvalue weighted by Crippen LogP contribution is -2.46. The summed E-state index contributed by atoms with van der Waals surface area (Å²) < 4.78 is 11.0. The normalized spacial score (nSPS) is 24.0. The van der Waals surface area contributed by atoms with Crippen LogP contribution in [-0.4, -0.2) is 35.5 Å². The van der Waals surface area contributed by atoms with E-state index in [1.807, 2.05) is 26.0 Å². The van der Waals surface area contributed by atoms with Crippen molar-refractivity contribution in [3.05, 3.63) is 46.2 Å². The zero-order valence-corrected chi connectivity index (χ0v) is 14.5. The first-order valence-electron chi connectivity index (χ1n) is 8.43. The predicted molar refractivity (Wildman–Crippen MR) is 91.2 cm³/mol. The van der Waals surface area contributed by atoms with Gasteiger partial charge in [-0.2, -0.15) is 0 Å². The highest BCUT2D eigenvalue weighted by atomic mass is 16.5. The van der Waals surface area contributed by atoms with Crippen LogP contribution in [0, 0.1) is 0 Å². The number of ketones is 2. The third-order valence-corrected chi connectivity index (χ3v) is 5.38. The van der Waals surface area contributed by atoms with Crippen LogP contribution in [0.25, 0.3) is 5.57 Å². The Morgan fingerprint density at radius 1 is 1.20 bits per heavy atom. The van der Waals surface area contributed by atoms with Gasteiger partial charge in [0.15, 0.2) is 11.5 Å². The zero-order valence-electron chi connectivity index (χ0n) is 14.5. The van der Waals surface area contributed by atoms with Gasteiger partial charge >= 0.3 is 0 Å². The smallest absolute Gasteiger partial charge is 0.224 e. The first kappa shape index (κ1) is 16.1. The molecule has 1 heterocycles. The number of aliphatic hydroxyl groups is 1. The molecule has 1 aromatic rings. The number of carbonyl (C=O) groups is 2. The molecule has 0 amide bonds. The molecular formula is C20H20O5. The number of hydrogen-bond acceptors (Lipinski definition) is 5. The topological polar surface area (TPSA) is 72.8 Å². The van der Waals surface area contributed by atoms with Gasteiger partial charge in [0.05, 0.1) is 13.2 Å². The molecule has 130 valence electrons. The number of benzene rings is 1. The fourth-order valence-corrected chi connectivity index (χ4v) is 3.90. The van der Waals surface area contributed by atoms with Crippen LogP contribution in [0.4, 0.5) is 0 Å². The van der Waals surface area contributed by atoms with Gasteiger partial charge < -0.3 is 14.6 Å². The Bertz CT molecular complexity index is 872. The second kappa shape index (κ2) is 5.30. The molecule has 1 N–H and O–H groups in total. The number of allylic oxidation sites excluding steroid dienone is 3. The fraction of sp³-hybridized carbons (Fsp3) is 0.400. The van der Waals surface area contributed by atoms with Gasteiger partial charge in [-0.1, -0.05) is 6.07 Å². The van der Waals surface area contributed by atoms with Crippen LogP contribution in [0.2, 0.25) is 0 Å². The van der Waals surface area contributed by atoms with E-state index in [-0.39, 0.29) is 17.3 Å². The van der Waals surface area contributed by atoms with Crippen molar-refractivity contribution >= 4 is 17.1 Å². The molecule has 5 nitrogen and oxygen atoms in total. The van der Waals surface area contributed by atoms with Crippen LogP contribution in [0.1, 0.15) is 37.0 Å². The average Bonchev–Trinajstić information content (AvgIpc) is 2.58. The van der Waals surface area contributed by atoms with Crippen molar-refractivity contribution in [1.82, 2.24) is 0 Å². The van der Waals surface area contributed by atoms with Gasteiger partial charge in [-0.25, -0.2) is 0 Å². The molecule has 4 rings (SSSR count). The molecule has 0 aromatic heterocycles. The maximum Gasteiger partial charge on any atom is 0.224 e. The summed E-state index contributed by atoms with van der Waals surface area (Å²) in [6.07, 6.45) is 2.26. The van der Waals surface area contributed by atoms with Crippen molar-refractivity contribution in [1.29, 1.82) is 0 Å². The highest BCUT2D eigenvalue weighted by molar-refractivity contribution is 6.37. The maximum atomic E-state index is 12.6. The van der Waals surface area contributed by atoms with E-state index in [1.54, 1.807) is 0 Å². The number of Topliss-reactive ketones (excluding diaryl/α,β-unsaturated/α-hetero) is 1. The lowest BCUT2D eigenvalue weighted by atomic mass is 9.76. The van der Waals surface area contributed by atoms with Crippen molar-refractivity contribution in [3.8, 4) is 5.75 Å². The molecule has 1 aromatic carbocycles. The van der Waals surface area contributed by atoms with Gasteiger partial charge in [0.1, 0.15) is 11.4 Å². The Kier molecular flexibility index (Phi) is 3.41. The average molecular weight is 340 g/mol. The molecule has 1 unspecified atom stereocenters. The molecule has 25 heavy (non-hydrogen) atoms. The van der Waals surface area contributed by atoms with E-state index in [1.165, 1.54) is 13.2 Å². The van der Waals surface area contributed by atoms with Crippen LogP contribution in [0.3, 0.4) is 0 Å². The van der Waals surface area contributed by atoms with Crippen LogP contribution in [0.5, 0.6) is 5.75 Å². The van der Waals surface area contributed by atoms with Gasteiger partial charge in [0.2, 0.25) is 5.78 Å². The van der Waals surface area contributed by atoms with Crippen LogP contribution in [0.15, 0.2) is 29.5 Å². The Hall–Kier alpha value is -2.40. The van der Waals surface area contributed by atoms with E-state index in [2.05, 4.69) is 0 Å². The highest BCUT2D eigenvalue weighted by Gasteiger charge is 2.40. The van der Waals surface area contributed by atoms with Crippen LogP contribution >= 0.6 is 0 Å². The number of carbonyl (C=O) groups excluding carboxylic acids is 2. The summed E-state index contributed by atoms with van der Waals surface area (Å²) in [6.45, 7) is 3.72. The minimum atomic E-state index is -0.646. The zero-order chi connectivity index (χ0) is 17.9. The molecule has 1 aliphatic heterocycles. The molecule has 0 saturated heterocycles. The summed E-state index contributed by atoms with van der Waals surface area (Å²) >= 11 is 0. The molecule has 0 fully saturated rings. The van der Waals surface area contributed by atoms with Gasteiger partial charge in [-0.15, -0.1) is 0 Å². The molecule has 0 radical (unpaired) electrons. The second-order valence-electron chi connectivity index (χ2n) is 7.25. The number of hydrogen-bond donors (Lipinski definition) is 1. The minimum absolute atomic E-state index is 0.102. The third-order valence-electron chi connectivity index (χ3n) is 5.38. The van der Waals surface area contributed by atoms with E-state index >= 15 is 0 Å². The summed E-state index contributed by atoms with van der Waals surface area (Å²) in [4.78, 5) is 25.1. The maximum absolute atomic E-state index is 12.6. The Labute approximate surface area is 145 Å². The quantitative estimate of drug-likeness (QED) is 0.793. The van der Waals surface area contributed by atoms with E-state index in [4.69, 9.17) is 9.47 Å². The predicted octanol–water partition coefficient (Wildman–Crippen LogP) is 2.14. The minimum Gasteiger partial charge on any atom is -0.493 e. The summed E-state index contributed by atoms with van der Waals surface area (Å²) in [7, 11) is 1.40. The summed E-state index contributed by atoms with van der Waals surface area (Å²) in [5.41, 5.74) is 3.07. The SMILES string of the molecule is COC1=CC(=O)C2=C(CCc3c2ccc2c3CC(O)C(C)(C)O2)C1=O. The van der Waals surface area contributed by atoms with Crippen molar-refractivity contribution in [2.45, 2.75) is 44.8 Å². The molecule has 0 saturated carbocycles. The van der Waals surface area contributed by atoms with Crippen LogP contribution in [-0.2, 0) is 27.2 Å². The first-order valence-corrected chi connectivity index (χ1v) is 8.43. The van der Waals surface area contributed by atoms with E-state index in [9.17, 15) is 14.7 Å². The van der Waals surface area contributed by atoms with E-state index < -0.39 is 11.7 Å². The monoisotopic (exact) mass is 340 g/mol. The Morgan fingerprint density at radius 3 is 2.68 bits per heavy atom. The van der Waals surface area contributed by atoms with Crippen molar-refractivity contribution in [3.63, 3.8) is 0 Å². The number of methoxy groups -OCH3 is 1. The molecule has 0 spiro atoms. The number of rotatable bonds is 1. The molecular weight excluding hydrogens is 320 g/mol. The van der Waals surface area contributed by atoms with Gasteiger partial charge in [-0.05, 0) is 43.9 Å². The van der Waals surface area contributed by atoms with E-state index in [0.717, 1.165) is 22.4 Å². The molecule has 1 atom stereocenters. The Balaban J connectivity index is 1.85. The van der Waals surface area contributed by atoms with Crippen molar-refractivity contribution in [2.75, 3.05) is 7.11 Å². The molecule has 5 heteroatoms. The fourth-order valence-electron chi connectivity index (χ4n) is 3.90. The largest absolute Gasteiger partial charge is 0.493 e. The first-order chi connectivity index (χ1) is 11.8. The second-order valence-corrected chi connectivity index (χ2v) is 7.25. The summed E-state index contributed by atoms with van der Waals surface area (Å²) in [5.74, 6) is 0.439. The lowest BCUT2D eigenvalue weighted by molar-refractivity contribution is -0.117.